The summed E-state index contributed by atoms with van der Waals surface area (Å²) in [5, 5.41) is 0. The first-order valence-corrected chi connectivity index (χ1v) is 8.58. The minimum atomic E-state index is 0.349. The van der Waals surface area contributed by atoms with E-state index in [2.05, 4.69) is 23.7 Å². The second kappa shape index (κ2) is 7.39. The smallest absolute Gasteiger partial charge is 0.191 e. The Morgan fingerprint density at radius 1 is 1.42 bits per heavy atom. The number of aliphatic imine (C=N–C) groups is 1. The second-order valence-electron chi connectivity index (χ2n) is 5.78. The third-order valence-corrected chi connectivity index (χ3v) is 4.92. The van der Waals surface area contributed by atoms with Gasteiger partial charge in [0.1, 0.15) is 0 Å². The Bertz CT molecular complexity index is 303. The lowest BCUT2D eigenvalue weighted by molar-refractivity contribution is -0.0491. The van der Waals surface area contributed by atoms with E-state index in [0.717, 1.165) is 50.1 Å². The minimum Gasteiger partial charge on any atom is -0.378 e. The average Bonchev–Trinajstić information content (AvgIpc) is 2.46. The van der Waals surface area contributed by atoms with Crippen LogP contribution in [0.4, 0.5) is 0 Å². The summed E-state index contributed by atoms with van der Waals surface area (Å²) < 4.78 is 5.90. The molecule has 4 nitrogen and oxygen atoms in total. The van der Waals surface area contributed by atoms with Crippen molar-refractivity contribution >= 4 is 17.7 Å². The van der Waals surface area contributed by atoms with Gasteiger partial charge in [0, 0.05) is 43.7 Å². The summed E-state index contributed by atoms with van der Waals surface area (Å²) >= 11 is 1.99. The first-order chi connectivity index (χ1) is 9.18. The Morgan fingerprint density at radius 2 is 2.16 bits per heavy atom. The van der Waals surface area contributed by atoms with Gasteiger partial charge in [-0.15, -0.1) is 0 Å². The van der Waals surface area contributed by atoms with E-state index >= 15 is 0 Å². The van der Waals surface area contributed by atoms with Crippen molar-refractivity contribution in [3.8, 4) is 0 Å². The molecule has 2 fully saturated rings. The first kappa shape index (κ1) is 15.0. The molecule has 0 bridgehead atoms. The molecule has 2 atom stereocenters. The summed E-state index contributed by atoms with van der Waals surface area (Å²) in [7, 11) is 0. The van der Waals surface area contributed by atoms with Crippen LogP contribution in [0.3, 0.4) is 0 Å². The van der Waals surface area contributed by atoms with Crippen LogP contribution in [0.15, 0.2) is 4.99 Å². The van der Waals surface area contributed by atoms with Crippen LogP contribution >= 0.6 is 11.8 Å². The first-order valence-electron chi connectivity index (χ1n) is 7.42. The Morgan fingerprint density at radius 3 is 2.84 bits per heavy atom. The van der Waals surface area contributed by atoms with Gasteiger partial charge >= 0.3 is 0 Å². The number of rotatable bonds is 3. The van der Waals surface area contributed by atoms with Crippen LogP contribution in [-0.4, -0.2) is 54.7 Å². The SMILES string of the molecule is CC(C)C1OCCCC1CN=C(N)N1CCSCC1. The standard InChI is InChI=1S/C14H27N3OS/c1-11(2)13-12(4-3-7-18-13)10-16-14(15)17-5-8-19-9-6-17/h11-13H,3-10H2,1-2H3,(H2,15,16). The van der Waals surface area contributed by atoms with Gasteiger partial charge in [0.2, 0.25) is 0 Å². The zero-order valence-electron chi connectivity index (χ0n) is 12.2. The summed E-state index contributed by atoms with van der Waals surface area (Å²) in [6.45, 7) is 8.26. The molecule has 0 spiro atoms. The Kier molecular flexibility index (Phi) is 5.82. The molecular formula is C14H27N3OS. The third-order valence-electron chi connectivity index (χ3n) is 3.97. The number of hydrogen-bond acceptors (Lipinski definition) is 3. The van der Waals surface area contributed by atoms with Gasteiger partial charge in [0.25, 0.3) is 0 Å². The average molecular weight is 285 g/mol. The number of ether oxygens (including phenoxy) is 1. The zero-order valence-corrected chi connectivity index (χ0v) is 13.0. The second-order valence-corrected chi connectivity index (χ2v) is 7.00. The van der Waals surface area contributed by atoms with Crippen molar-refractivity contribution in [2.75, 3.05) is 37.7 Å². The minimum absolute atomic E-state index is 0.349. The summed E-state index contributed by atoms with van der Waals surface area (Å²) in [5.41, 5.74) is 6.11. The molecule has 0 amide bonds. The molecule has 2 N–H and O–H groups in total. The van der Waals surface area contributed by atoms with Gasteiger partial charge in [-0.1, -0.05) is 13.8 Å². The zero-order chi connectivity index (χ0) is 13.7. The Labute approximate surface area is 121 Å². The predicted molar refractivity (Wildman–Crippen MR) is 82.7 cm³/mol. The van der Waals surface area contributed by atoms with E-state index in [1.165, 1.54) is 6.42 Å². The molecule has 0 saturated carbocycles. The van der Waals surface area contributed by atoms with Crippen molar-refractivity contribution in [1.29, 1.82) is 0 Å². The van der Waals surface area contributed by atoms with Crippen molar-refractivity contribution in [3.05, 3.63) is 0 Å². The van der Waals surface area contributed by atoms with Gasteiger partial charge < -0.3 is 15.4 Å². The normalized spacial score (nSPS) is 29.8. The van der Waals surface area contributed by atoms with E-state index in [4.69, 9.17) is 10.5 Å². The number of nitrogens with two attached hydrogens (primary N) is 1. The van der Waals surface area contributed by atoms with Gasteiger partial charge in [-0.2, -0.15) is 11.8 Å². The maximum Gasteiger partial charge on any atom is 0.191 e. The van der Waals surface area contributed by atoms with E-state index < -0.39 is 0 Å². The molecule has 2 aliphatic heterocycles. The fraction of sp³-hybridized carbons (Fsp3) is 0.929. The van der Waals surface area contributed by atoms with Crippen LogP contribution in [0.2, 0.25) is 0 Å². The van der Waals surface area contributed by atoms with Crippen molar-refractivity contribution in [3.63, 3.8) is 0 Å². The lowest BCUT2D eigenvalue weighted by Gasteiger charge is -2.34. The van der Waals surface area contributed by atoms with Crippen LogP contribution in [0, 0.1) is 11.8 Å². The highest BCUT2D eigenvalue weighted by Crippen LogP contribution is 2.26. The van der Waals surface area contributed by atoms with E-state index in [0.29, 0.717) is 17.9 Å². The lowest BCUT2D eigenvalue weighted by atomic mass is 9.87. The number of thioether (sulfide) groups is 1. The topological polar surface area (TPSA) is 50.9 Å². The number of nitrogens with zero attached hydrogens (tertiary/aromatic N) is 2. The van der Waals surface area contributed by atoms with Crippen LogP contribution in [0.1, 0.15) is 26.7 Å². The fourth-order valence-electron chi connectivity index (χ4n) is 2.90. The van der Waals surface area contributed by atoms with Crippen molar-refractivity contribution in [2.24, 2.45) is 22.6 Å². The lowest BCUT2D eigenvalue weighted by Crippen LogP contribution is -2.43. The van der Waals surface area contributed by atoms with Crippen LogP contribution in [0.5, 0.6) is 0 Å². The molecule has 0 aromatic carbocycles. The predicted octanol–water partition coefficient (Wildman–Crippen LogP) is 1.80. The molecule has 2 aliphatic rings. The van der Waals surface area contributed by atoms with Gasteiger partial charge in [0.15, 0.2) is 5.96 Å². The van der Waals surface area contributed by atoms with E-state index in [9.17, 15) is 0 Å². The monoisotopic (exact) mass is 285 g/mol. The molecule has 2 heterocycles. The molecule has 110 valence electrons. The van der Waals surface area contributed by atoms with E-state index in [1.807, 2.05) is 11.8 Å². The Balaban J connectivity index is 1.87. The maximum atomic E-state index is 6.11. The molecule has 0 radical (unpaired) electrons. The summed E-state index contributed by atoms with van der Waals surface area (Å²) in [5.74, 6) is 4.15. The van der Waals surface area contributed by atoms with Crippen molar-refractivity contribution in [1.82, 2.24) is 4.90 Å². The van der Waals surface area contributed by atoms with E-state index in [-0.39, 0.29) is 0 Å². The quantitative estimate of drug-likeness (QED) is 0.634. The Hall–Kier alpha value is -0.420. The van der Waals surface area contributed by atoms with E-state index in [1.54, 1.807) is 0 Å². The van der Waals surface area contributed by atoms with Gasteiger partial charge in [-0.05, 0) is 18.8 Å². The summed E-state index contributed by atoms with van der Waals surface area (Å²) in [6.07, 6.45) is 2.72. The van der Waals surface area contributed by atoms with Crippen LogP contribution in [-0.2, 0) is 4.74 Å². The fourth-order valence-corrected chi connectivity index (χ4v) is 3.80. The molecule has 5 heteroatoms. The third kappa shape index (κ3) is 4.28. The van der Waals surface area contributed by atoms with Crippen molar-refractivity contribution < 1.29 is 4.74 Å². The highest BCUT2D eigenvalue weighted by Gasteiger charge is 2.28. The van der Waals surface area contributed by atoms with Crippen molar-refractivity contribution in [2.45, 2.75) is 32.8 Å². The molecule has 0 aromatic heterocycles. The molecule has 0 aliphatic carbocycles. The molecule has 19 heavy (non-hydrogen) atoms. The van der Waals surface area contributed by atoms with Gasteiger partial charge in [0.05, 0.1) is 6.10 Å². The number of hydrogen-bond donors (Lipinski definition) is 1. The molecule has 2 rings (SSSR count). The molecule has 0 aromatic rings. The highest BCUT2D eigenvalue weighted by atomic mass is 32.2. The van der Waals surface area contributed by atoms with Gasteiger partial charge in [-0.25, -0.2) is 0 Å². The number of guanidine groups is 1. The molecule has 2 unspecified atom stereocenters. The molecular weight excluding hydrogens is 258 g/mol. The maximum absolute atomic E-state index is 6.11. The largest absolute Gasteiger partial charge is 0.378 e. The summed E-state index contributed by atoms with van der Waals surface area (Å²) in [4.78, 5) is 6.85. The van der Waals surface area contributed by atoms with Gasteiger partial charge in [-0.3, -0.25) is 4.99 Å². The highest BCUT2D eigenvalue weighted by molar-refractivity contribution is 7.99. The molecule has 2 saturated heterocycles. The summed E-state index contributed by atoms with van der Waals surface area (Å²) in [6, 6.07) is 0. The van der Waals surface area contributed by atoms with Crippen LogP contribution < -0.4 is 5.73 Å². The van der Waals surface area contributed by atoms with Crippen LogP contribution in [0.25, 0.3) is 0 Å².